The number of carbonyl (C=O) groups is 2. The van der Waals surface area contributed by atoms with E-state index < -0.39 is 23.5 Å². The van der Waals surface area contributed by atoms with Crippen LogP contribution >= 0.6 is 0 Å². The molecule has 1 fully saturated rings. The number of benzene rings is 4. The predicted octanol–water partition coefficient (Wildman–Crippen LogP) is 7.30. The summed E-state index contributed by atoms with van der Waals surface area (Å²) in [5.41, 5.74) is 3.91. The molecule has 0 radical (unpaired) electrons. The van der Waals surface area contributed by atoms with Crippen molar-refractivity contribution in [3.63, 3.8) is 0 Å². The van der Waals surface area contributed by atoms with E-state index >= 15 is 0 Å². The third-order valence-electron chi connectivity index (χ3n) is 6.66. The van der Waals surface area contributed by atoms with Crippen LogP contribution in [0, 0.1) is 0 Å². The molecule has 1 saturated carbocycles. The molecule has 0 bridgehead atoms. The van der Waals surface area contributed by atoms with Gasteiger partial charge in [-0.3, -0.25) is 9.59 Å². The normalized spacial score (nSPS) is 20.8. The summed E-state index contributed by atoms with van der Waals surface area (Å²) in [6, 6.07) is 39.1. The molecule has 2 atom stereocenters. The van der Waals surface area contributed by atoms with E-state index in [0.717, 1.165) is 33.4 Å². The van der Waals surface area contributed by atoms with Crippen molar-refractivity contribution < 1.29 is 19.1 Å². The molecule has 0 heterocycles. The summed E-state index contributed by atoms with van der Waals surface area (Å²) in [7, 11) is 0. The maximum absolute atomic E-state index is 12.8. The van der Waals surface area contributed by atoms with Crippen molar-refractivity contribution in [2.75, 3.05) is 0 Å². The summed E-state index contributed by atoms with van der Waals surface area (Å²) in [6.45, 7) is 2.83. The highest BCUT2D eigenvalue weighted by Gasteiger charge is 2.61. The zero-order valence-corrected chi connectivity index (χ0v) is 21.3. The Hall–Kier alpha value is -4.70. The number of rotatable bonds is 6. The van der Waals surface area contributed by atoms with Crippen LogP contribution in [0.2, 0.25) is 0 Å². The molecule has 0 saturated heterocycles. The highest BCUT2D eigenvalue weighted by Crippen LogP contribution is 2.64. The van der Waals surface area contributed by atoms with Crippen LogP contribution in [0.3, 0.4) is 0 Å². The van der Waals surface area contributed by atoms with Crippen LogP contribution in [-0.4, -0.2) is 11.9 Å². The van der Waals surface area contributed by atoms with Crippen LogP contribution < -0.4 is 0 Å². The minimum absolute atomic E-state index is 0.401. The van der Waals surface area contributed by atoms with Gasteiger partial charge in [-0.15, -0.1) is 0 Å². The molecule has 0 spiro atoms. The highest BCUT2D eigenvalue weighted by atomic mass is 16.6. The second kappa shape index (κ2) is 10.7. The number of carbonyl (C=O) groups excluding carboxylic acids is 2. The first kappa shape index (κ1) is 25.0. The number of hydrogen-bond donors (Lipinski definition) is 0. The molecule has 4 heteroatoms. The van der Waals surface area contributed by atoms with Gasteiger partial charge in [0.15, 0.2) is 5.60 Å². The maximum Gasteiger partial charge on any atom is 0.308 e. The summed E-state index contributed by atoms with van der Waals surface area (Å²) < 4.78 is 12.3. The molecule has 0 aromatic heterocycles. The van der Waals surface area contributed by atoms with E-state index in [0.29, 0.717) is 5.76 Å². The van der Waals surface area contributed by atoms with E-state index in [1.807, 2.05) is 127 Å². The van der Waals surface area contributed by atoms with E-state index in [-0.39, 0.29) is 0 Å². The Balaban J connectivity index is 1.90. The zero-order valence-electron chi connectivity index (χ0n) is 21.3. The summed E-state index contributed by atoms with van der Waals surface area (Å²) in [4.78, 5) is 25.2. The lowest BCUT2D eigenvalue weighted by molar-refractivity contribution is -0.159. The van der Waals surface area contributed by atoms with Crippen LogP contribution in [0.15, 0.2) is 132 Å². The SMILES string of the molecule is CC(=O)O/C(=C1/C(=C/c2ccccc2)[C@@](OC(C)=O)(c2ccccc2)[C@H]1c1ccccc1)c1ccccc1. The first-order chi connectivity index (χ1) is 18.5. The molecular formula is C34H28O4. The number of ether oxygens (including phenoxy) is 2. The van der Waals surface area contributed by atoms with Gasteiger partial charge in [0.25, 0.3) is 0 Å². The van der Waals surface area contributed by atoms with E-state index in [9.17, 15) is 9.59 Å². The third-order valence-corrected chi connectivity index (χ3v) is 6.66. The maximum atomic E-state index is 12.8. The number of hydrogen-bond acceptors (Lipinski definition) is 4. The first-order valence-corrected chi connectivity index (χ1v) is 12.6. The Kier molecular flexibility index (Phi) is 7.05. The first-order valence-electron chi connectivity index (χ1n) is 12.6. The molecule has 0 unspecified atom stereocenters. The van der Waals surface area contributed by atoms with Gasteiger partial charge in [0, 0.05) is 36.1 Å². The van der Waals surface area contributed by atoms with Gasteiger partial charge in [-0.25, -0.2) is 0 Å². The average Bonchev–Trinajstić information content (AvgIpc) is 2.94. The molecule has 4 aromatic carbocycles. The van der Waals surface area contributed by atoms with E-state index in [4.69, 9.17) is 9.47 Å². The minimum Gasteiger partial charge on any atom is -0.448 e. The molecule has 4 aromatic rings. The molecule has 38 heavy (non-hydrogen) atoms. The van der Waals surface area contributed by atoms with Gasteiger partial charge in [-0.2, -0.15) is 0 Å². The molecular weight excluding hydrogens is 472 g/mol. The molecule has 1 aliphatic carbocycles. The summed E-state index contributed by atoms with van der Waals surface area (Å²) in [5, 5.41) is 0. The topological polar surface area (TPSA) is 52.6 Å². The smallest absolute Gasteiger partial charge is 0.308 e. The van der Waals surface area contributed by atoms with Crippen LogP contribution in [0.5, 0.6) is 0 Å². The van der Waals surface area contributed by atoms with E-state index in [1.165, 1.54) is 13.8 Å². The standard InChI is InChI=1S/C34H28O4/c1-24(35)37-33(28-19-11-5-12-20-28)31-30(23-26-15-7-3-8-16-26)34(38-25(2)36,29-21-13-6-14-22-29)32(31)27-17-9-4-10-18-27/h3-23,32H,1-2H3/b30-23-,33-31-/t32-,34-/m0/s1. The molecule has 5 rings (SSSR count). The number of esters is 2. The van der Waals surface area contributed by atoms with Crippen LogP contribution in [0.25, 0.3) is 11.8 Å². The molecule has 0 amide bonds. The lowest BCUT2D eigenvalue weighted by Gasteiger charge is -2.53. The molecule has 0 aliphatic heterocycles. The van der Waals surface area contributed by atoms with Crippen molar-refractivity contribution in [3.05, 3.63) is 155 Å². The largest absolute Gasteiger partial charge is 0.448 e. The Morgan fingerprint density at radius 1 is 0.684 bits per heavy atom. The fraction of sp³-hybridized carbons (Fsp3) is 0.118. The van der Waals surface area contributed by atoms with Crippen molar-refractivity contribution in [3.8, 4) is 0 Å². The van der Waals surface area contributed by atoms with Crippen LogP contribution in [0.4, 0.5) is 0 Å². The highest BCUT2D eigenvalue weighted by molar-refractivity contribution is 5.87. The molecule has 4 nitrogen and oxygen atoms in total. The molecule has 188 valence electrons. The van der Waals surface area contributed by atoms with Crippen molar-refractivity contribution >= 4 is 23.8 Å². The summed E-state index contributed by atoms with van der Waals surface area (Å²) in [6.07, 6.45) is 2.02. The predicted molar refractivity (Wildman–Crippen MR) is 149 cm³/mol. The van der Waals surface area contributed by atoms with Crippen molar-refractivity contribution in [2.24, 2.45) is 0 Å². The summed E-state index contributed by atoms with van der Waals surface area (Å²) in [5.74, 6) is -0.805. The minimum atomic E-state index is -1.14. The van der Waals surface area contributed by atoms with Gasteiger partial charge in [0.2, 0.25) is 0 Å². The Bertz CT molecular complexity index is 1490. The van der Waals surface area contributed by atoms with Crippen molar-refractivity contribution in [1.82, 2.24) is 0 Å². The zero-order chi connectivity index (χ0) is 26.5. The molecule has 1 aliphatic rings. The van der Waals surface area contributed by atoms with Crippen molar-refractivity contribution in [1.29, 1.82) is 0 Å². The third kappa shape index (κ3) is 4.69. The fourth-order valence-electron chi connectivity index (χ4n) is 5.25. The average molecular weight is 501 g/mol. The van der Waals surface area contributed by atoms with Crippen molar-refractivity contribution in [2.45, 2.75) is 25.4 Å². The van der Waals surface area contributed by atoms with Gasteiger partial charge in [-0.05, 0) is 17.2 Å². The second-order valence-corrected chi connectivity index (χ2v) is 9.21. The van der Waals surface area contributed by atoms with Gasteiger partial charge in [0.05, 0.1) is 5.92 Å². The summed E-state index contributed by atoms with van der Waals surface area (Å²) >= 11 is 0. The quantitative estimate of drug-likeness (QED) is 0.206. The second-order valence-electron chi connectivity index (χ2n) is 9.21. The van der Waals surface area contributed by atoms with E-state index in [2.05, 4.69) is 0 Å². The van der Waals surface area contributed by atoms with Gasteiger partial charge in [-0.1, -0.05) is 121 Å². The van der Waals surface area contributed by atoms with Gasteiger partial charge < -0.3 is 9.47 Å². The monoisotopic (exact) mass is 500 g/mol. The Morgan fingerprint density at radius 2 is 1.21 bits per heavy atom. The van der Waals surface area contributed by atoms with Gasteiger partial charge >= 0.3 is 11.9 Å². The fourth-order valence-corrected chi connectivity index (χ4v) is 5.25. The lowest BCUT2D eigenvalue weighted by atomic mass is 9.55. The molecule has 0 N–H and O–H groups in total. The van der Waals surface area contributed by atoms with Crippen LogP contribution in [-0.2, 0) is 24.7 Å². The van der Waals surface area contributed by atoms with Gasteiger partial charge in [0.1, 0.15) is 5.76 Å². The Labute approximate surface area is 222 Å². The Morgan fingerprint density at radius 3 is 1.76 bits per heavy atom. The van der Waals surface area contributed by atoms with E-state index in [1.54, 1.807) is 0 Å². The lowest BCUT2D eigenvalue weighted by Crippen LogP contribution is -2.51. The van der Waals surface area contributed by atoms with Crippen LogP contribution in [0.1, 0.15) is 42.0 Å².